The number of para-hydroxylation sites is 1. The lowest BCUT2D eigenvalue weighted by Gasteiger charge is -2.31. The lowest BCUT2D eigenvalue weighted by molar-refractivity contribution is 0.0709. The third kappa shape index (κ3) is 3.91. The van der Waals surface area contributed by atoms with Crippen molar-refractivity contribution in [3.63, 3.8) is 0 Å². The fraction of sp³-hybridized carbons (Fsp3) is 0.300. The lowest BCUT2D eigenvalue weighted by atomic mass is 10.1. The molecule has 1 unspecified atom stereocenters. The second-order valence-corrected chi connectivity index (χ2v) is 6.69. The number of nitrogens with one attached hydrogen (secondary N) is 1. The Morgan fingerprint density at radius 2 is 2.00 bits per heavy atom. The number of aryl methyl sites for hydroxylation is 1. The number of piperazine rings is 1. The van der Waals surface area contributed by atoms with Crippen LogP contribution in [-0.4, -0.2) is 46.3 Å². The maximum absolute atomic E-state index is 13.2. The molecule has 0 spiro atoms. The number of carbonyl (C=O) groups excluding carboxylic acids is 1. The van der Waals surface area contributed by atoms with Crippen LogP contribution in [-0.2, 0) is 0 Å². The average molecular weight is 387 g/mol. The number of hydrogen-bond acceptors (Lipinski definition) is 4. The van der Waals surface area contributed by atoms with Crippen molar-refractivity contribution in [1.29, 1.82) is 0 Å². The number of benzene rings is 1. The van der Waals surface area contributed by atoms with Crippen molar-refractivity contribution < 1.29 is 9.21 Å². The van der Waals surface area contributed by atoms with E-state index in [1.54, 1.807) is 10.9 Å². The fourth-order valence-electron chi connectivity index (χ4n) is 3.27. The zero-order chi connectivity index (χ0) is 18.1. The van der Waals surface area contributed by atoms with Crippen LogP contribution in [0.3, 0.4) is 0 Å². The van der Waals surface area contributed by atoms with E-state index in [1.807, 2.05) is 54.3 Å². The molecule has 3 aromatic rings. The van der Waals surface area contributed by atoms with Gasteiger partial charge >= 0.3 is 0 Å². The highest BCUT2D eigenvalue weighted by molar-refractivity contribution is 5.99. The van der Waals surface area contributed by atoms with Crippen LogP contribution in [0.2, 0.25) is 0 Å². The van der Waals surface area contributed by atoms with E-state index in [0.29, 0.717) is 30.1 Å². The van der Waals surface area contributed by atoms with E-state index in [-0.39, 0.29) is 24.4 Å². The molecular formula is C20H23ClN4O2. The number of carbonyl (C=O) groups is 1. The average Bonchev–Trinajstić information content (AvgIpc) is 3.28. The van der Waals surface area contributed by atoms with E-state index < -0.39 is 0 Å². The van der Waals surface area contributed by atoms with Gasteiger partial charge in [-0.05, 0) is 38.1 Å². The molecule has 0 bridgehead atoms. The lowest BCUT2D eigenvalue weighted by Crippen LogP contribution is -2.51. The van der Waals surface area contributed by atoms with Crippen LogP contribution in [0.4, 0.5) is 0 Å². The fourth-order valence-corrected chi connectivity index (χ4v) is 3.27. The first kappa shape index (κ1) is 19.2. The number of aromatic nitrogens is 2. The molecule has 1 saturated heterocycles. The number of halogens is 1. The Labute approximate surface area is 164 Å². The van der Waals surface area contributed by atoms with Gasteiger partial charge in [0, 0.05) is 31.9 Å². The van der Waals surface area contributed by atoms with Gasteiger partial charge in [0.25, 0.3) is 5.91 Å². The van der Waals surface area contributed by atoms with E-state index in [0.717, 1.165) is 18.0 Å². The van der Waals surface area contributed by atoms with Crippen LogP contribution >= 0.6 is 12.4 Å². The van der Waals surface area contributed by atoms with Crippen molar-refractivity contribution >= 4 is 18.3 Å². The van der Waals surface area contributed by atoms with Crippen molar-refractivity contribution in [2.75, 3.05) is 19.6 Å². The van der Waals surface area contributed by atoms with Gasteiger partial charge in [-0.25, -0.2) is 4.68 Å². The summed E-state index contributed by atoms with van der Waals surface area (Å²) in [5.74, 6) is 1.40. The van der Waals surface area contributed by atoms with Gasteiger partial charge in [0.1, 0.15) is 11.5 Å². The van der Waals surface area contributed by atoms with Gasteiger partial charge in [-0.1, -0.05) is 18.2 Å². The monoisotopic (exact) mass is 386 g/mol. The Hall–Kier alpha value is -2.57. The number of rotatable bonds is 3. The van der Waals surface area contributed by atoms with Crippen LogP contribution in [0.25, 0.3) is 17.1 Å². The van der Waals surface area contributed by atoms with E-state index >= 15 is 0 Å². The molecule has 1 N–H and O–H groups in total. The summed E-state index contributed by atoms with van der Waals surface area (Å²) in [4.78, 5) is 15.1. The normalized spacial score (nSPS) is 16.8. The Bertz CT molecular complexity index is 919. The summed E-state index contributed by atoms with van der Waals surface area (Å²) in [6.45, 7) is 6.15. The second kappa shape index (κ2) is 7.98. The minimum Gasteiger partial charge on any atom is -0.460 e. The first-order valence-corrected chi connectivity index (χ1v) is 8.86. The Morgan fingerprint density at radius 3 is 2.67 bits per heavy atom. The molecule has 2 aromatic heterocycles. The standard InChI is InChI=1S/C20H22N4O2.ClH/c1-14-12-23(11-10-21-14)20(25)17-13-24(16-6-4-3-5-7-16)22-19(17)18-9-8-15(2)26-18;/h3-9,13-14,21H,10-12H2,1-2H3;1H. The van der Waals surface area contributed by atoms with E-state index in [1.165, 1.54) is 0 Å². The molecule has 27 heavy (non-hydrogen) atoms. The highest BCUT2D eigenvalue weighted by Gasteiger charge is 2.27. The third-order valence-corrected chi connectivity index (χ3v) is 4.60. The van der Waals surface area contributed by atoms with Crippen LogP contribution in [0.15, 0.2) is 53.1 Å². The van der Waals surface area contributed by atoms with Gasteiger partial charge < -0.3 is 14.6 Å². The first-order chi connectivity index (χ1) is 12.6. The van der Waals surface area contributed by atoms with Gasteiger partial charge in [-0.2, -0.15) is 5.10 Å². The maximum atomic E-state index is 13.2. The van der Waals surface area contributed by atoms with Gasteiger partial charge in [0.2, 0.25) is 0 Å². The molecule has 0 saturated carbocycles. The zero-order valence-corrected chi connectivity index (χ0v) is 16.2. The Balaban J connectivity index is 0.00000210. The molecule has 1 fully saturated rings. The van der Waals surface area contributed by atoms with Crippen LogP contribution < -0.4 is 5.32 Å². The summed E-state index contributed by atoms with van der Waals surface area (Å²) in [7, 11) is 0. The predicted molar refractivity (Wildman–Crippen MR) is 107 cm³/mol. The number of amides is 1. The van der Waals surface area contributed by atoms with Crippen molar-refractivity contribution in [3.05, 3.63) is 60.0 Å². The van der Waals surface area contributed by atoms with Crippen LogP contribution in [0.1, 0.15) is 23.0 Å². The van der Waals surface area contributed by atoms with Crippen LogP contribution in [0.5, 0.6) is 0 Å². The van der Waals surface area contributed by atoms with Gasteiger partial charge in [0.15, 0.2) is 5.76 Å². The predicted octanol–water partition coefficient (Wildman–Crippen LogP) is 3.30. The summed E-state index contributed by atoms with van der Waals surface area (Å²) < 4.78 is 7.50. The van der Waals surface area contributed by atoms with Crippen LogP contribution in [0, 0.1) is 6.92 Å². The Morgan fingerprint density at radius 1 is 1.22 bits per heavy atom. The summed E-state index contributed by atoms with van der Waals surface area (Å²) in [6.07, 6.45) is 1.80. The van der Waals surface area contributed by atoms with E-state index in [4.69, 9.17) is 4.42 Å². The molecule has 1 aliphatic rings. The third-order valence-electron chi connectivity index (χ3n) is 4.60. The van der Waals surface area contributed by atoms with Crippen molar-refractivity contribution in [2.24, 2.45) is 0 Å². The van der Waals surface area contributed by atoms with Crippen molar-refractivity contribution in [2.45, 2.75) is 19.9 Å². The molecule has 142 valence electrons. The first-order valence-electron chi connectivity index (χ1n) is 8.86. The molecular weight excluding hydrogens is 364 g/mol. The minimum absolute atomic E-state index is 0. The smallest absolute Gasteiger partial charge is 0.257 e. The van der Waals surface area contributed by atoms with Gasteiger partial charge in [-0.15, -0.1) is 12.4 Å². The van der Waals surface area contributed by atoms with Crippen molar-refractivity contribution in [1.82, 2.24) is 20.0 Å². The molecule has 3 heterocycles. The quantitative estimate of drug-likeness (QED) is 0.750. The topological polar surface area (TPSA) is 63.3 Å². The second-order valence-electron chi connectivity index (χ2n) is 6.69. The highest BCUT2D eigenvalue weighted by Crippen LogP contribution is 2.27. The summed E-state index contributed by atoms with van der Waals surface area (Å²) >= 11 is 0. The largest absolute Gasteiger partial charge is 0.460 e. The molecule has 1 aromatic carbocycles. The number of hydrogen-bond donors (Lipinski definition) is 1. The molecule has 0 aliphatic carbocycles. The van der Waals surface area contributed by atoms with Crippen molar-refractivity contribution in [3.8, 4) is 17.1 Å². The summed E-state index contributed by atoms with van der Waals surface area (Å²) in [6, 6.07) is 13.8. The Kier molecular flexibility index (Phi) is 5.68. The molecule has 0 radical (unpaired) electrons. The maximum Gasteiger partial charge on any atom is 0.257 e. The summed E-state index contributed by atoms with van der Waals surface area (Å²) in [5.41, 5.74) is 2.06. The molecule has 6 nitrogen and oxygen atoms in total. The van der Waals surface area contributed by atoms with E-state index in [2.05, 4.69) is 17.3 Å². The minimum atomic E-state index is -0.00964. The zero-order valence-electron chi connectivity index (χ0n) is 15.4. The van der Waals surface area contributed by atoms with Gasteiger partial charge in [0.05, 0.1) is 11.3 Å². The molecule has 1 amide bonds. The number of nitrogens with zero attached hydrogens (tertiary/aromatic N) is 3. The number of furan rings is 1. The molecule has 1 atom stereocenters. The van der Waals surface area contributed by atoms with E-state index in [9.17, 15) is 4.79 Å². The highest BCUT2D eigenvalue weighted by atomic mass is 35.5. The summed E-state index contributed by atoms with van der Waals surface area (Å²) in [5, 5.41) is 8.02. The molecule has 1 aliphatic heterocycles. The molecule has 7 heteroatoms. The SMILES string of the molecule is Cc1ccc(-c2nn(-c3ccccc3)cc2C(=O)N2CCNC(C)C2)o1.Cl. The molecule has 4 rings (SSSR count). The van der Waals surface area contributed by atoms with Gasteiger partial charge in [-0.3, -0.25) is 4.79 Å².